The van der Waals surface area contributed by atoms with E-state index < -0.39 is 0 Å². The van der Waals surface area contributed by atoms with Crippen molar-refractivity contribution in [3.63, 3.8) is 0 Å². The van der Waals surface area contributed by atoms with Crippen molar-refractivity contribution in [2.45, 2.75) is 11.8 Å². The third kappa shape index (κ3) is 2.45. The van der Waals surface area contributed by atoms with Gasteiger partial charge in [0.15, 0.2) is 0 Å². The van der Waals surface area contributed by atoms with E-state index in [1.807, 2.05) is 66.7 Å². The Bertz CT molecular complexity index is 1310. The fourth-order valence-corrected chi connectivity index (χ4v) is 6.37. The quantitative estimate of drug-likeness (QED) is 0.382. The molecule has 0 radical (unpaired) electrons. The van der Waals surface area contributed by atoms with Crippen molar-refractivity contribution in [1.82, 2.24) is 0 Å². The van der Waals surface area contributed by atoms with E-state index in [0.717, 1.165) is 11.1 Å². The van der Waals surface area contributed by atoms with Gasteiger partial charge in [0.2, 0.25) is 11.8 Å². The highest BCUT2D eigenvalue weighted by molar-refractivity contribution is 6.23. The van der Waals surface area contributed by atoms with Crippen LogP contribution in [0.4, 0.5) is 5.69 Å². The minimum atomic E-state index is -0.346. The van der Waals surface area contributed by atoms with E-state index in [1.165, 1.54) is 27.2 Å². The van der Waals surface area contributed by atoms with E-state index in [-0.39, 0.29) is 35.5 Å². The second kappa shape index (κ2) is 6.76. The Labute approximate surface area is 192 Å². The number of amides is 2. The van der Waals surface area contributed by atoms with Gasteiger partial charge in [-0.2, -0.15) is 0 Å². The van der Waals surface area contributed by atoms with Crippen LogP contribution in [0.3, 0.4) is 0 Å². The van der Waals surface area contributed by atoms with Crippen LogP contribution in [0.5, 0.6) is 0 Å². The Morgan fingerprint density at radius 2 is 0.848 bits per heavy atom. The third-order valence-corrected chi connectivity index (χ3v) is 7.68. The molecule has 8 rings (SSSR count). The lowest BCUT2D eigenvalue weighted by atomic mass is 9.55. The zero-order valence-corrected chi connectivity index (χ0v) is 17.9. The van der Waals surface area contributed by atoms with Crippen molar-refractivity contribution >= 4 is 17.5 Å². The topological polar surface area (TPSA) is 37.4 Å². The Hall–Kier alpha value is -3.98. The summed E-state index contributed by atoms with van der Waals surface area (Å²) in [6, 6.07) is 34.6. The van der Waals surface area contributed by atoms with Gasteiger partial charge in [0.05, 0.1) is 17.5 Å². The molecule has 33 heavy (non-hydrogen) atoms. The van der Waals surface area contributed by atoms with E-state index in [4.69, 9.17) is 0 Å². The van der Waals surface area contributed by atoms with Crippen LogP contribution in [0.15, 0.2) is 103 Å². The molecule has 0 spiro atoms. The lowest BCUT2D eigenvalue weighted by molar-refractivity contribution is -0.122. The number of benzene rings is 4. The number of rotatable bonds is 2. The molecule has 1 fully saturated rings. The Balaban J connectivity index is 1.33. The van der Waals surface area contributed by atoms with Gasteiger partial charge in [-0.15, -0.1) is 0 Å². The summed E-state index contributed by atoms with van der Waals surface area (Å²) < 4.78 is 0. The highest BCUT2D eigenvalue weighted by Gasteiger charge is 2.61. The summed E-state index contributed by atoms with van der Waals surface area (Å²) in [5.41, 5.74) is 7.63. The second-order valence-electron chi connectivity index (χ2n) is 9.19. The molecule has 1 aliphatic heterocycles. The van der Waals surface area contributed by atoms with Gasteiger partial charge in [-0.05, 0) is 45.5 Å². The van der Waals surface area contributed by atoms with Gasteiger partial charge in [-0.1, -0.05) is 91.0 Å². The molecular weight excluding hydrogens is 406 g/mol. The smallest absolute Gasteiger partial charge is 0.238 e. The first kappa shape index (κ1) is 18.6. The standard InChI is InChI=1S/C30H21NO2/c32-29-27-25-21-10-4-5-11-22(21)26(24-13-7-6-12-23(24)25)28(27)30(33)31(29)20-16-14-19(15-17-20)18-8-2-1-3-9-18/h1-17,25-28H/t25?,26?,27-,28+. The molecule has 1 saturated heterocycles. The predicted molar refractivity (Wildman–Crippen MR) is 128 cm³/mol. The van der Waals surface area contributed by atoms with Gasteiger partial charge in [-0.3, -0.25) is 9.59 Å². The summed E-state index contributed by atoms with van der Waals surface area (Å²) in [5, 5.41) is 0. The molecule has 3 nitrogen and oxygen atoms in total. The average molecular weight is 428 g/mol. The number of hydrogen-bond donors (Lipinski definition) is 0. The molecule has 3 heteroatoms. The van der Waals surface area contributed by atoms with Gasteiger partial charge < -0.3 is 0 Å². The molecule has 4 aromatic rings. The Morgan fingerprint density at radius 1 is 0.455 bits per heavy atom. The van der Waals surface area contributed by atoms with Crippen molar-refractivity contribution in [2.24, 2.45) is 11.8 Å². The SMILES string of the molecule is O=C1[C@@H]2C3c4ccccc4C(c4ccccc43)[C@@H]2C(=O)N1c1ccc(-c2ccccc2)cc1. The molecule has 4 aromatic carbocycles. The van der Waals surface area contributed by atoms with Crippen LogP contribution in [0.25, 0.3) is 11.1 Å². The lowest BCUT2D eigenvalue weighted by Gasteiger charge is -2.45. The molecule has 0 N–H and O–H groups in total. The second-order valence-corrected chi connectivity index (χ2v) is 9.19. The molecule has 2 atom stereocenters. The number of carbonyl (C=O) groups excluding carboxylic acids is 2. The molecule has 4 aliphatic rings. The number of carbonyl (C=O) groups is 2. The van der Waals surface area contributed by atoms with Gasteiger partial charge in [0.25, 0.3) is 0 Å². The largest absolute Gasteiger partial charge is 0.274 e. The fraction of sp³-hybridized carbons (Fsp3) is 0.133. The van der Waals surface area contributed by atoms with E-state index in [0.29, 0.717) is 5.69 Å². The van der Waals surface area contributed by atoms with Gasteiger partial charge in [-0.25, -0.2) is 4.90 Å². The van der Waals surface area contributed by atoms with Crippen LogP contribution in [0, 0.1) is 11.8 Å². The number of anilines is 1. The maximum absolute atomic E-state index is 13.8. The zero-order valence-electron chi connectivity index (χ0n) is 17.9. The molecule has 0 aromatic heterocycles. The third-order valence-electron chi connectivity index (χ3n) is 7.68. The number of hydrogen-bond acceptors (Lipinski definition) is 2. The van der Waals surface area contributed by atoms with Crippen LogP contribution in [-0.2, 0) is 9.59 Å². The minimum Gasteiger partial charge on any atom is -0.274 e. The summed E-state index contributed by atoms with van der Waals surface area (Å²) in [7, 11) is 0. The maximum atomic E-state index is 13.8. The highest BCUT2D eigenvalue weighted by Crippen LogP contribution is 2.61. The lowest BCUT2D eigenvalue weighted by Crippen LogP contribution is -2.41. The molecule has 0 unspecified atom stereocenters. The van der Waals surface area contributed by atoms with Crippen LogP contribution < -0.4 is 4.90 Å². The van der Waals surface area contributed by atoms with Crippen LogP contribution in [0.1, 0.15) is 34.1 Å². The molecule has 3 aliphatic carbocycles. The summed E-state index contributed by atoms with van der Waals surface area (Å²) in [5.74, 6) is -0.981. The zero-order chi connectivity index (χ0) is 22.1. The van der Waals surface area contributed by atoms with Crippen molar-refractivity contribution in [3.05, 3.63) is 125 Å². The number of nitrogens with zero attached hydrogens (tertiary/aromatic N) is 1. The summed E-state index contributed by atoms with van der Waals surface area (Å²) >= 11 is 0. The summed E-state index contributed by atoms with van der Waals surface area (Å²) in [6.45, 7) is 0. The number of imide groups is 1. The molecular formula is C30H21NO2. The van der Waals surface area contributed by atoms with Crippen molar-refractivity contribution < 1.29 is 9.59 Å². The fourth-order valence-electron chi connectivity index (χ4n) is 6.37. The first-order chi connectivity index (χ1) is 16.2. The van der Waals surface area contributed by atoms with Crippen LogP contribution >= 0.6 is 0 Å². The van der Waals surface area contributed by atoms with Gasteiger partial charge >= 0.3 is 0 Å². The van der Waals surface area contributed by atoms with Gasteiger partial charge in [0, 0.05) is 11.8 Å². The minimum absolute atomic E-state index is 0.0718. The van der Waals surface area contributed by atoms with Gasteiger partial charge in [0.1, 0.15) is 0 Å². The Morgan fingerprint density at radius 3 is 1.30 bits per heavy atom. The van der Waals surface area contributed by atoms with Crippen molar-refractivity contribution in [1.29, 1.82) is 0 Å². The molecule has 2 amide bonds. The monoisotopic (exact) mass is 427 g/mol. The first-order valence-electron chi connectivity index (χ1n) is 11.4. The maximum Gasteiger partial charge on any atom is 0.238 e. The highest BCUT2D eigenvalue weighted by atomic mass is 16.2. The van der Waals surface area contributed by atoms with E-state index >= 15 is 0 Å². The van der Waals surface area contributed by atoms with E-state index in [9.17, 15) is 9.59 Å². The summed E-state index contributed by atoms with van der Waals surface area (Å²) in [4.78, 5) is 29.1. The summed E-state index contributed by atoms with van der Waals surface area (Å²) in [6.07, 6.45) is 0. The van der Waals surface area contributed by atoms with Crippen LogP contribution in [-0.4, -0.2) is 11.8 Å². The van der Waals surface area contributed by atoms with E-state index in [2.05, 4.69) is 36.4 Å². The average Bonchev–Trinajstić information content (AvgIpc) is 3.15. The van der Waals surface area contributed by atoms with E-state index in [1.54, 1.807) is 0 Å². The molecule has 158 valence electrons. The molecule has 1 heterocycles. The normalized spacial score (nSPS) is 24.4. The van der Waals surface area contributed by atoms with Crippen molar-refractivity contribution in [3.8, 4) is 11.1 Å². The first-order valence-corrected chi connectivity index (χ1v) is 11.4. The van der Waals surface area contributed by atoms with Crippen LogP contribution in [0.2, 0.25) is 0 Å². The predicted octanol–water partition coefficient (Wildman–Crippen LogP) is 5.75. The molecule has 2 bridgehead atoms. The van der Waals surface area contributed by atoms with Crippen molar-refractivity contribution in [2.75, 3.05) is 4.90 Å². The Kier molecular flexibility index (Phi) is 3.80. The molecule has 0 saturated carbocycles.